The van der Waals surface area contributed by atoms with Gasteiger partial charge in [0, 0.05) is 5.56 Å². The zero-order valence-corrected chi connectivity index (χ0v) is 16.3. The second kappa shape index (κ2) is 13.0. The average molecular weight is 347 g/mol. The minimum atomic E-state index is -0.749. The predicted octanol–water partition coefficient (Wildman–Crippen LogP) is 6.86. The number of hydrogen-bond acceptors (Lipinski definition) is 2. The van der Waals surface area contributed by atoms with Gasteiger partial charge in [0.1, 0.15) is 5.75 Å². The molecule has 142 valence electrons. The second-order valence-corrected chi connectivity index (χ2v) is 7.32. The van der Waals surface area contributed by atoms with Crippen molar-refractivity contribution in [1.82, 2.24) is 0 Å². The third-order valence-corrected chi connectivity index (χ3v) is 4.94. The topological polar surface area (TPSA) is 40.5 Å². The Morgan fingerprint density at radius 1 is 0.800 bits per heavy atom. The molecular weight excluding hydrogens is 308 g/mol. The van der Waals surface area contributed by atoms with Crippen LogP contribution in [0.3, 0.4) is 0 Å². The Labute approximate surface area is 155 Å². The zero-order chi connectivity index (χ0) is 18.4. The first kappa shape index (κ1) is 21.8. The fraction of sp³-hybridized carbons (Fsp3) is 0.652. The summed E-state index contributed by atoms with van der Waals surface area (Å²) in [6.07, 6.45) is 17.5. The standard InChI is InChI=1S/C23H38O2/c1-3-5-7-9-13-18-23(25,19-14-10-8-6-4-2)20-17-21-15-11-12-16-22(21)24/h11-12,15-17,20,24-25H,3-10,13-14,18-19H2,1-2H3/b20-17+. The molecule has 0 saturated carbocycles. The van der Waals surface area contributed by atoms with E-state index in [-0.39, 0.29) is 5.75 Å². The number of unbranched alkanes of at least 4 members (excludes halogenated alkanes) is 8. The second-order valence-electron chi connectivity index (χ2n) is 7.32. The Balaban J connectivity index is 2.60. The molecule has 1 aromatic rings. The lowest BCUT2D eigenvalue weighted by atomic mass is 9.88. The van der Waals surface area contributed by atoms with Crippen molar-refractivity contribution in [2.75, 3.05) is 0 Å². The third kappa shape index (κ3) is 9.69. The molecule has 0 unspecified atom stereocenters. The van der Waals surface area contributed by atoms with Crippen molar-refractivity contribution >= 4 is 6.08 Å². The first-order valence-corrected chi connectivity index (χ1v) is 10.3. The molecule has 0 saturated heterocycles. The Morgan fingerprint density at radius 3 is 1.84 bits per heavy atom. The van der Waals surface area contributed by atoms with Crippen molar-refractivity contribution in [1.29, 1.82) is 0 Å². The normalized spacial score (nSPS) is 12.1. The van der Waals surface area contributed by atoms with E-state index in [9.17, 15) is 10.2 Å². The van der Waals surface area contributed by atoms with E-state index in [4.69, 9.17) is 0 Å². The summed E-state index contributed by atoms with van der Waals surface area (Å²) in [5.41, 5.74) is 0.0265. The van der Waals surface area contributed by atoms with Gasteiger partial charge in [-0.25, -0.2) is 0 Å². The molecule has 2 heteroatoms. The Bertz CT molecular complexity index is 465. The third-order valence-electron chi connectivity index (χ3n) is 4.94. The van der Waals surface area contributed by atoms with Crippen LogP contribution in [0.2, 0.25) is 0 Å². The first-order chi connectivity index (χ1) is 12.1. The summed E-state index contributed by atoms with van der Waals surface area (Å²) in [6.45, 7) is 4.45. The van der Waals surface area contributed by atoms with Crippen molar-refractivity contribution in [2.45, 2.75) is 96.5 Å². The maximum Gasteiger partial charge on any atom is 0.122 e. The number of aliphatic hydroxyl groups is 1. The van der Waals surface area contributed by atoms with Crippen LogP contribution in [0.1, 0.15) is 96.5 Å². The molecule has 0 radical (unpaired) electrons. The lowest BCUT2D eigenvalue weighted by Gasteiger charge is -2.25. The SMILES string of the molecule is CCCCCCCC(O)(/C=C/c1ccccc1O)CCCCCCC. The highest BCUT2D eigenvalue weighted by atomic mass is 16.3. The summed E-state index contributed by atoms with van der Waals surface area (Å²) >= 11 is 0. The number of phenolic OH excluding ortho intramolecular Hbond substituents is 1. The van der Waals surface area contributed by atoms with Crippen LogP contribution in [0.15, 0.2) is 30.3 Å². The summed E-state index contributed by atoms with van der Waals surface area (Å²) < 4.78 is 0. The van der Waals surface area contributed by atoms with E-state index >= 15 is 0 Å². The van der Waals surface area contributed by atoms with Crippen LogP contribution in [0.25, 0.3) is 6.08 Å². The highest BCUT2D eigenvalue weighted by Gasteiger charge is 2.22. The lowest BCUT2D eigenvalue weighted by molar-refractivity contribution is 0.0671. The molecule has 0 fully saturated rings. The molecule has 0 aliphatic heterocycles. The first-order valence-electron chi connectivity index (χ1n) is 10.3. The highest BCUT2D eigenvalue weighted by Crippen LogP contribution is 2.27. The summed E-state index contributed by atoms with van der Waals surface area (Å²) in [4.78, 5) is 0. The monoisotopic (exact) mass is 346 g/mol. The summed E-state index contributed by atoms with van der Waals surface area (Å²) in [5, 5.41) is 21.0. The maximum atomic E-state index is 11.1. The van der Waals surface area contributed by atoms with Crippen LogP contribution >= 0.6 is 0 Å². The summed E-state index contributed by atoms with van der Waals surface area (Å²) in [7, 11) is 0. The fourth-order valence-electron chi connectivity index (χ4n) is 3.23. The van der Waals surface area contributed by atoms with Gasteiger partial charge >= 0.3 is 0 Å². The number of hydrogen-bond donors (Lipinski definition) is 2. The Hall–Kier alpha value is -1.28. The van der Waals surface area contributed by atoms with Gasteiger partial charge in [0.25, 0.3) is 0 Å². The Morgan fingerprint density at radius 2 is 1.32 bits per heavy atom. The maximum absolute atomic E-state index is 11.1. The quantitative estimate of drug-likeness (QED) is 0.361. The molecule has 1 aromatic carbocycles. The number of rotatable bonds is 14. The van der Waals surface area contributed by atoms with Crippen LogP contribution in [0.5, 0.6) is 5.75 Å². The molecule has 1 rings (SSSR count). The minimum absolute atomic E-state index is 0.270. The average Bonchev–Trinajstić information content (AvgIpc) is 2.61. The van der Waals surface area contributed by atoms with E-state index in [1.54, 1.807) is 6.07 Å². The molecule has 0 amide bonds. The molecule has 25 heavy (non-hydrogen) atoms. The van der Waals surface area contributed by atoms with E-state index in [0.717, 1.165) is 31.2 Å². The van der Waals surface area contributed by atoms with E-state index < -0.39 is 5.60 Å². The molecule has 0 aromatic heterocycles. The predicted molar refractivity (Wildman–Crippen MR) is 109 cm³/mol. The van der Waals surface area contributed by atoms with Gasteiger partial charge in [-0.05, 0) is 18.9 Å². The molecule has 2 nitrogen and oxygen atoms in total. The molecule has 0 heterocycles. The molecule has 0 atom stereocenters. The smallest absolute Gasteiger partial charge is 0.122 e. The van der Waals surface area contributed by atoms with E-state index in [0.29, 0.717) is 0 Å². The van der Waals surface area contributed by atoms with Gasteiger partial charge in [-0.15, -0.1) is 0 Å². The fourth-order valence-corrected chi connectivity index (χ4v) is 3.23. The van der Waals surface area contributed by atoms with Crippen molar-refractivity contribution in [3.05, 3.63) is 35.9 Å². The number of benzene rings is 1. The largest absolute Gasteiger partial charge is 0.507 e. The molecule has 0 aliphatic carbocycles. The van der Waals surface area contributed by atoms with E-state index in [1.807, 2.05) is 30.4 Å². The lowest BCUT2D eigenvalue weighted by Crippen LogP contribution is -2.25. The van der Waals surface area contributed by atoms with Gasteiger partial charge in [-0.1, -0.05) is 108 Å². The summed E-state index contributed by atoms with van der Waals surface area (Å²) in [6, 6.07) is 7.30. The van der Waals surface area contributed by atoms with Gasteiger partial charge in [0.05, 0.1) is 5.60 Å². The minimum Gasteiger partial charge on any atom is -0.507 e. The summed E-state index contributed by atoms with van der Waals surface area (Å²) in [5.74, 6) is 0.270. The van der Waals surface area contributed by atoms with Crippen molar-refractivity contribution in [2.24, 2.45) is 0 Å². The molecule has 0 aliphatic rings. The van der Waals surface area contributed by atoms with Crippen molar-refractivity contribution < 1.29 is 10.2 Å². The van der Waals surface area contributed by atoms with Crippen LogP contribution in [0.4, 0.5) is 0 Å². The number of phenols is 1. The molecule has 0 bridgehead atoms. The molecule has 2 N–H and O–H groups in total. The van der Waals surface area contributed by atoms with E-state index in [2.05, 4.69) is 13.8 Å². The van der Waals surface area contributed by atoms with Gasteiger partial charge in [-0.2, -0.15) is 0 Å². The van der Waals surface area contributed by atoms with Gasteiger partial charge < -0.3 is 10.2 Å². The number of para-hydroxylation sites is 1. The Kier molecular flexibility index (Phi) is 11.3. The highest BCUT2D eigenvalue weighted by molar-refractivity contribution is 5.57. The van der Waals surface area contributed by atoms with Crippen LogP contribution in [0, 0.1) is 0 Å². The van der Waals surface area contributed by atoms with Crippen LogP contribution in [-0.2, 0) is 0 Å². The zero-order valence-electron chi connectivity index (χ0n) is 16.3. The van der Waals surface area contributed by atoms with Crippen molar-refractivity contribution in [3.8, 4) is 5.75 Å². The van der Waals surface area contributed by atoms with Crippen LogP contribution < -0.4 is 0 Å². The van der Waals surface area contributed by atoms with Crippen LogP contribution in [-0.4, -0.2) is 15.8 Å². The molecule has 0 spiro atoms. The molecular formula is C23H38O2. The van der Waals surface area contributed by atoms with Crippen molar-refractivity contribution in [3.63, 3.8) is 0 Å². The van der Waals surface area contributed by atoms with Gasteiger partial charge in [0.15, 0.2) is 0 Å². The van der Waals surface area contributed by atoms with Gasteiger partial charge in [0.2, 0.25) is 0 Å². The van der Waals surface area contributed by atoms with Gasteiger partial charge in [-0.3, -0.25) is 0 Å². The number of aromatic hydroxyl groups is 1. The van der Waals surface area contributed by atoms with E-state index in [1.165, 1.54) is 51.4 Å².